The van der Waals surface area contributed by atoms with E-state index in [4.69, 9.17) is 5.73 Å². The standard InChI is InChI=1S/C14H26N2O/c1-3-12-5-4-6-16(9-12)13(17)14(10-15)7-11(2)8-14/h11-12H,3-10,15H2,1-2H3. The van der Waals surface area contributed by atoms with Crippen molar-refractivity contribution in [1.29, 1.82) is 0 Å². The summed E-state index contributed by atoms with van der Waals surface area (Å²) in [7, 11) is 0. The Morgan fingerprint density at radius 2 is 2.18 bits per heavy atom. The molecular weight excluding hydrogens is 212 g/mol. The summed E-state index contributed by atoms with van der Waals surface area (Å²) in [5, 5.41) is 0. The van der Waals surface area contributed by atoms with Gasteiger partial charge in [0.1, 0.15) is 0 Å². The Morgan fingerprint density at radius 1 is 1.47 bits per heavy atom. The molecule has 98 valence electrons. The van der Waals surface area contributed by atoms with Crippen LogP contribution in [-0.4, -0.2) is 30.4 Å². The Labute approximate surface area is 105 Å². The second kappa shape index (κ2) is 4.97. The number of likely N-dealkylation sites (tertiary alicyclic amines) is 1. The fourth-order valence-corrected chi connectivity index (χ4v) is 3.62. The van der Waals surface area contributed by atoms with Crippen LogP contribution in [0.5, 0.6) is 0 Å². The van der Waals surface area contributed by atoms with E-state index in [9.17, 15) is 4.79 Å². The molecule has 1 saturated heterocycles. The van der Waals surface area contributed by atoms with E-state index in [-0.39, 0.29) is 5.41 Å². The van der Waals surface area contributed by atoms with Gasteiger partial charge in [-0.2, -0.15) is 0 Å². The third kappa shape index (κ3) is 2.35. The molecule has 1 heterocycles. The fourth-order valence-electron chi connectivity index (χ4n) is 3.62. The molecule has 1 aliphatic heterocycles. The van der Waals surface area contributed by atoms with E-state index < -0.39 is 0 Å². The lowest BCUT2D eigenvalue weighted by molar-refractivity contribution is -0.151. The van der Waals surface area contributed by atoms with Crippen molar-refractivity contribution in [2.24, 2.45) is 23.0 Å². The van der Waals surface area contributed by atoms with Crippen LogP contribution < -0.4 is 5.73 Å². The molecule has 0 radical (unpaired) electrons. The van der Waals surface area contributed by atoms with E-state index >= 15 is 0 Å². The normalized spacial score (nSPS) is 37.7. The number of carbonyl (C=O) groups is 1. The first-order valence-electron chi connectivity index (χ1n) is 7.10. The summed E-state index contributed by atoms with van der Waals surface area (Å²) >= 11 is 0. The van der Waals surface area contributed by atoms with Crippen LogP contribution in [0.1, 0.15) is 46.0 Å². The van der Waals surface area contributed by atoms with Crippen molar-refractivity contribution in [1.82, 2.24) is 4.90 Å². The highest BCUT2D eigenvalue weighted by Crippen LogP contribution is 2.46. The first-order chi connectivity index (χ1) is 8.11. The van der Waals surface area contributed by atoms with E-state index in [2.05, 4.69) is 18.7 Å². The Bertz CT molecular complexity index is 284. The summed E-state index contributed by atoms with van der Waals surface area (Å²) in [6.45, 7) is 6.88. The van der Waals surface area contributed by atoms with E-state index in [1.807, 2.05) is 0 Å². The molecule has 17 heavy (non-hydrogen) atoms. The van der Waals surface area contributed by atoms with Gasteiger partial charge in [0.15, 0.2) is 0 Å². The Balaban J connectivity index is 1.99. The molecule has 1 aliphatic carbocycles. The maximum atomic E-state index is 12.6. The van der Waals surface area contributed by atoms with Crippen LogP contribution in [0.15, 0.2) is 0 Å². The highest BCUT2D eigenvalue weighted by molar-refractivity contribution is 5.84. The lowest BCUT2D eigenvalue weighted by Crippen LogP contribution is -2.56. The fraction of sp³-hybridized carbons (Fsp3) is 0.929. The van der Waals surface area contributed by atoms with E-state index in [0.29, 0.717) is 24.3 Å². The zero-order chi connectivity index (χ0) is 12.5. The van der Waals surface area contributed by atoms with Crippen LogP contribution >= 0.6 is 0 Å². The molecule has 2 aliphatic rings. The van der Waals surface area contributed by atoms with Gasteiger partial charge in [-0.3, -0.25) is 4.79 Å². The third-order valence-corrected chi connectivity index (χ3v) is 4.71. The molecule has 1 saturated carbocycles. The molecule has 0 aromatic carbocycles. The van der Waals surface area contributed by atoms with E-state index in [1.165, 1.54) is 19.3 Å². The molecule has 2 N–H and O–H groups in total. The predicted molar refractivity (Wildman–Crippen MR) is 69.5 cm³/mol. The lowest BCUT2D eigenvalue weighted by atomic mass is 9.61. The summed E-state index contributed by atoms with van der Waals surface area (Å²) in [4.78, 5) is 14.7. The molecule has 2 fully saturated rings. The molecule has 1 unspecified atom stereocenters. The first-order valence-corrected chi connectivity index (χ1v) is 7.10. The molecule has 0 aromatic rings. The highest BCUT2D eigenvalue weighted by atomic mass is 16.2. The third-order valence-electron chi connectivity index (χ3n) is 4.71. The monoisotopic (exact) mass is 238 g/mol. The lowest BCUT2D eigenvalue weighted by Gasteiger charge is -2.48. The summed E-state index contributed by atoms with van der Waals surface area (Å²) < 4.78 is 0. The molecule has 1 atom stereocenters. The minimum atomic E-state index is -0.199. The van der Waals surface area contributed by atoms with Crippen molar-refractivity contribution in [3.8, 4) is 0 Å². The van der Waals surface area contributed by atoms with Gasteiger partial charge in [-0.15, -0.1) is 0 Å². The average Bonchev–Trinajstić information content (AvgIpc) is 2.34. The minimum Gasteiger partial charge on any atom is -0.342 e. The van der Waals surface area contributed by atoms with Gasteiger partial charge in [-0.25, -0.2) is 0 Å². The summed E-state index contributed by atoms with van der Waals surface area (Å²) in [6, 6.07) is 0. The van der Waals surface area contributed by atoms with Gasteiger partial charge in [0, 0.05) is 19.6 Å². The largest absolute Gasteiger partial charge is 0.342 e. The van der Waals surface area contributed by atoms with Gasteiger partial charge in [0.2, 0.25) is 5.91 Å². The van der Waals surface area contributed by atoms with Crippen molar-refractivity contribution in [2.75, 3.05) is 19.6 Å². The summed E-state index contributed by atoms with van der Waals surface area (Å²) in [5.41, 5.74) is 5.66. The SMILES string of the molecule is CCC1CCCN(C(=O)C2(CN)CC(C)C2)C1. The molecule has 0 bridgehead atoms. The molecule has 3 heteroatoms. The van der Waals surface area contributed by atoms with Crippen LogP contribution in [0.4, 0.5) is 0 Å². The molecule has 1 amide bonds. The molecular formula is C14H26N2O. The van der Waals surface area contributed by atoms with Gasteiger partial charge in [0.25, 0.3) is 0 Å². The quantitative estimate of drug-likeness (QED) is 0.817. The molecule has 3 nitrogen and oxygen atoms in total. The molecule has 0 aromatic heterocycles. The molecule has 2 rings (SSSR count). The molecule has 0 spiro atoms. The predicted octanol–water partition coefficient (Wildman–Crippen LogP) is 2.01. The van der Waals surface area contributed by atoms with E-state index in [1.54, 1.807) is 0 Å². The topological polar surface area (TPSA) is 46.3 Å². The number of nitrogens with two attached hydrogens (primary N) is 1. The van der Waals surface area contributed by atoms with Gasteiger partial charge in [-0.05, 0) is 37.5 Å². The smallest absolute Gasteiger partial charge is 0.230 e. The first kappa shape index (κ1) is 12.9. The van der Waals surface area contributed by atoms with Gasteiger partial charge >= 0.3 is 0 Å². The Hall–Kier alpha value is -0.570. The van der Waals surface area contributed by atoms with Crippen molar-refractivity contribution < 1.29 is 4.79 Å². The van der Waals surface area contributed by atoms with Crippen LogP contribution in [0.2, 0.25) is 0 Å². The Kier molecular flexibility index (Phi) is 3.76. The maximum absolute atomic E-state index is 12.6. The van der Waals surface area contributed by atoms with Gasteiger partial charge in [0.05, 0.1) is 5.41 Å². The Morgan fingerprint density at radius 3 is 2.71 bits per heavy atom. The zero-order valence-electron chi connectivity index (χ0n) is 11.2. The van der Waals surface area contributed by atoms with Crippen LogP contribution in [-0.2, 0) is 4.79 Å². The zero-order valence-corrected chi connectivity index (χ0v) is 11.2. The number of amides is 1. The average molecular weight is 238 g/mol. The second-order valence-corrected chi connectivity index (χ2v) is 6.17. The highest BCUT2D eigenvalue weighted by Gasteiger charge is 2.49. The van der Waals surface area contributed by atoms with Gasteiger partial charge in [-0.1, -0.05) is 20.3 Å². The number of hydrogen-bond donors (Lipinski definition) is 1. The number of hydrogen-bond acceptors (Lipinski definition) is 2. The maximum Gasteiger partial charge on any atom is 0.230 e. The van der Waals surface area contributed by atoms with Crippen LogP contribution in [0, 0.1) is 17.3 Å². The van der Waals surface area contributed by atoms with Crippen molar-refractivity contribution in [3.05, 3.63) is 0 Å². The number of rotatable bonds is 3. The summed E-state index contributed by atoms with van der Waals surface area (Å²) in [6.07, 6.45) is 5.63. The van der Waals surface area contributed by atoms with Gasteiger partial charge < -0.3 is 10.6 Å². The van der Waals surface area contributed by atoms with Crippen molar-refractivity contribution in [3.63, 3.8) is 0 Å². The van der Waals surface area contributed by atoms with Crippen molar-refractivity contribution in [2.45, 2.75) is 46.0 Å². The minimum absolute atomic E-state index is 0.199. The number of carbonyl (C=O) groups excluding carboxylic acids is 1. The van der Waals surface area contributed by atoms with Crippen molar-refractivity contribution >= 4 is 5.91 Å². The van der Waals surface area contributed by atoms with Crippen LogP contribution in [0.3, 0.4) is 0 Å². The number of piperidine rings is 1. The van der Waals surface area contributed by atoms with E-state index in [0.717, 1.165) is 25.9 Å². The second-order valence-electron chi connectivity index (χ2n) is 6.17. The summed E-state index contributed by atoms with van der Waals surface area (Å²) in [5.74, 6) is 1.73. The van der Waals surface area contributed by atoms with Crippen LogP contribution in [0.25, 0.3) is 0 Å². The number of nitrogens with zero attached hydrogens (tertiary/aromatic N) is 1.